The molecule has 0 aliphatic rings. The van der Waals surface area contributed by atoms with Crippen LogP contribution in [-0.4, -0.2) is 10.8 Å². The second-order valence-electron chi connectivity index (χ2n) is 5.56. The molecule has 0 spiro atoms. The second-order valence-corrected chi connectivity index (χ2v) is 6.42. The number of alkyl halides is 3. The maximum absolute atomic E-state index is 12.6. The van der Waals surface area contributed by atoms with Crippen LogP contribution in [0.25, 0.3) is 10.6 Å². The molecule has 2 aromatic carbocycles. The summed E-state index contributed by atoms with van der Waals surface area (Å²) < 4.78 is 43.5. The van der Waals surface area contributed by atoms with Gasteiger partial charge in [0.2, 0.25) is 0 Å². The molecular weight excluding hydrogens is 363 g/mol. The van der Waals surface area contributed by atoms with Gasteiger partial charge < -0.3 is 4.74 Å². The molecule has 7 heteroatoms. The molecule has 134 valence electrons. The minimum absolute atomic E-state index is 0.0932. The SMILES string of the molecule is CC(=O)c1ccccc1OCc1csc(-c2ccc(C(F)(F)F)cc2)n1. The number of rotatable bonds is 5. The number of para-hydroxylation sites is 1. The average molecular weight is 377 g/mol. The second kappa shape index (κ2) is 7.29. The van der Waals surface area contributed by atoms with Crippen molar-refractivity contribution < 1.29 is 22.7 Å². The molecule has 1 aromatic heterocycles. The van der Waals surface area contributed by atoms with E-state index in [1.54, 1.807) is 29.6 Å². The fourth-order valence-corrected chi connectivity index (χ4v) is 3.15. The number of hydrogen-bond acceptors (Lipinski definition) is 4. The van der Waals surface area contributed by atoms with Crippen molar-refractivity contribution in [1.82, 2.24) is 4.98 Å². The molecule has 0 amide bonds. The summed E-state index contributed by atoms with van der Waals surface area (Å²) in [7, 11) is 0. The van der Waals surface area contributed by atoms with Gasteiger partial charge in [-0.15, -0.1) is 11.3 Å². The molecule has 0 N–H and O–H groups in total. The van der Waals surface area contributed by atoms with Gasteiger partial charge in [0.1, 0.15) is 17.4 Å². The average Bonchev–Trinajstić information content (AvgIpc) is 3.08. The van der Waals surface area contributed by atoms with Gasteiger partial charge in [-0.2, -0.15) is 13.2 Å². The largest absolute Gasteiger partial charge is 0.487 e. The van der Waals surface area contributed by atoms with Crippen molar-refractivity contribution in [2.75, 3.05) is 0 Å². The van der Waals surface area contributed by atoms with Crippen molar-refractivity contribution in [1.29, 1.82) is 0 Å². The van der Waals surface area contributed by atoms with Gasteiger partial charge >= 0.3 is 6.18 Å². The van der Waals surface area contributed by atoms with Crippen LogP contribution in [0.2, 0.25) is 0 Å². The summed E-state index contributed by atoms with van der Waals surface area (Å²) >= 11 is 1.32. The molecular formula is C19H14F3NO2S. The Morgan fingerprint density at radius 2 is 1.81 bits per heavy atom. The third kappa shape index (κ3) is 4.11. The van der Waals surface area contributed by atoms with Crippen LogP contribution in [0.3, 0.4) is 0 Å². The number of Topliss-reactive ketones (excluding diaryl/α,β-unsaturated/α-hetero) is 1. The normalized spacial score (nSPS) is 11.4. The molecule has 0 atom stereocenters. The molecule has 3 rings (SSSR count). The Morgan fingerprint density at radius 3 is 2.46 bits per heavy atom. The topological polar surface area (TPSA) is 39.2 Å². The van der Waals surface area contributed by atoms with Crippen LogP contribution in [0.1, 0.15) is 28.5 Å². The van der Waals surface area contributed by atoms with Crippen molar-refractivity contribution in [2.45, 2.75) is 19.7 Å². The lowest BCUT2D eigenvalue weighted by atomic mass is 10.1. The van der Waals surface area contributed by atoms with Gasteiger partial charge in [-0.3, -0.25) is 4.79 Å². The Balaban J connectivity index is 1.72. The van der Waals surface area contributed by atoms with E-state index in [-0.39, 0.29) is 12.4 Å². The van der Waals surface area contributed by atoms with Gasteiger partial charge in [-0.1, -0.05) is 24.3 Å². The molecule has 0 aliphatic heterocycles. The number of hydrogen-bond donors (Lipinski definition) is 0. The molecule has 0 fully saturated rings. The van der Waals surface area contributed by atoms with Crippen LogP contribution < -0.4 is 4.74 Å². The molecule has 26 heavy (non-hydrogen) atoms. The van der Waals surface area contributed by atoms with E-state index in [0.717, 1.165) is 12.1 Å². The summed E-state index contributed by atoms with van der Waals surface area (Å²) in [5.41, 5.74) is 1.05. The Hall–Kier alpha value is -2.67. The van der Waals surface area contributed by atoms with E-state index in [2.05, 4.69) is 4.98 Å². The van der Waals surface area contributed by atoms with E-state index >= 15 is 0 Å². The first kappa shape index (κ1) is 18.1. The first-order chi connectivity index (χ1) is 12.3. The van der Waals surface area contributed by atoms with E-state index in [9.17, 15) is 18.0 Å². The van der Waals surface area contributed by atoms with Crippen LogP contribution in [0.15, 0.2) is 53.9 Å². The highest BCUT2D eigenvalue weighted by Crippen LogP contribution is 2.32. The van der Waals surface area contributed by atoms with Crippen LogP contribution in [0.4, 0.5) is 13.2 Å². The lowest BCUT2D eigenvalue weighted by Crippen LogP contribution is -2.04. The molecule has 1 heterocycles. The number of aromatic nitrogens is 1. The van der Waals surface area contributed by atoms with E-state index < -0.39 is 11.7 Å². The zero-order valence-corrected chi connectivity index (χ0v) is 14.5. The van der Waals surface area contributed by atoms with Gasteiger partial charge in [0.15, 0.2) is 5.78 Å². The molecule has 0 unspecified atom stereocenters. The van der Waals surface area contributed by atoms with Crippen LogP contribution in [0, 0.1) is 0 Å². The van der Waals surface area contributed by atoms with Gasteiger partial charge in [-0.25, -0.2) is 4.98 Å². The Morgan fingerprint density at radius 1 is 1.12 bits per heavy atom. The molecule has 3 nitrogen and oxygen atoms in total. The highest BCUT2D eigenvalue weighted by molar-refractivity contribution is 7.13. The standard InChI is InChI=1S/C19H14F3NO2S/c1-12(24)16-4-2-3-5-17(16)25-10-15-11-26-18(23-15)13-6-8-14(9-7-13)19(20,21)22/h2-9,11H,10H2,1H3. The summed E-state index contributed by atoms with van der Waals surface area (Å²) in [6.45, 7) is 1.63. The Kier molecular flexibility index (Phi) is 5.08. The van der Waals surface area contributed by atoms with Crippen molar-refractivity contribution in [3.63, 3.8) is 0 Å². The van der Waals surface area contributed by atoms with Gasteiger partial charge in [0.25, 0.3) is 0 Å². The first-order valence-corrected chi connectivity index (χ1v) is 8.57. The van der Waals surface area contributed by atoms with E-state index in [1.807, 2.05) is 0 Å². The smallest absolute Gasteiger partial charge is 0.416 e. The van der Waals surface area contributed by atoms with E-state index in [0.29, 0.717) is 27.6 Å². The zero-order valence-electron chi connectivity index (χ0n) is 13.7. The number of thiazole rings is 1. The van der Waals surface area contributed by atoms with Crippen molar-refractivity contribution >= 4 is 17.1 Å². The first-order valence-electron chi connectivity index (χ1n) is 7.69. The summed E-state index contributed by atoms with van der Waals surface area (Å²) in [4.78, 5) is 16.0. The van der Waals surface area contributed by atoms with E-state index in [1.165, 1.54) is 30.4 Å². The highest BCUT2D eigenvalue weighted by Gasteiger charge is 2.30. The molecule has 0 saturated heterocycles. The summed E-state index contributed by atoms with van der Waals surface area (Å²) in [5, 5.41) is 2.39. The monoisotopic (exact) mass is 377 g/mol. The maximum atomic E-state index is 12.6. The van der Waals surface area contributed by atoms with Crippen molar-refractivity contribution in [2.24, 2.45) is 0 Å². The van der Waals surface area contributed by atoms with Gasteiger partial charge in [0.05, 0.1) is 16.8 Å². The fourth-order valence-electron chi connectivity index (χ4n) is 2.34. The minimum atomic E-state index is -4.36. The zero-order chi connectivity index (χ0) is 18.7. The molecule has 0 bridgehead atoms. The van der Waals surface area contributed by atoms with Crippen LogP contribution in [0.5, 0.6) is 5.75 Å². The fraction of sp³-hybridized carbons (Fsp3) is 0.158. The number of halogens is 3. The Bertz CT molecular complexity index is 917. The number of carbonyl (C=O) groups is 1. The predicted octanol–water partition coefficient (Wildman–Crippen LogP) is 5.61. The lowest BCUT2D eigenvalue weighted by Gasteiger charge is -2.08. The molecule has 0 aliphatic carbocycles. The number of ketones is 1. The van der Waals surface area contributed by atoms with Crippen LogP contribution in [-0.2, 0) is 12.8 Å². The van der Waals surface area contributed by atoms with Crippen molar-refractivity contribution in [3.8, 4) is 16.3 Å². The summed E-state index contributed by atoms with van der Waals surface area (Å²) in [5.74, 6) is 0.383. The van der Waals surface area contributed by atoms with E-state index in [4.69, 9.17) is 4.74 Å². The molecule has 0 saturated carbocycles. The minimum Gasteiger partial charge on any atom is -0.487 e. The highest BCUT2D eigenvalue weighted by atomic mass is 32.1. The van der Waals surface area contributed by atoms with Crippen molar-refractivity contribution in [3.05, 3.63) is 70.7 Å². The van der Waals surface area contributed by atoms with Crippen LogP contribution >= 0.6 is 11.3 Å². The predicted molar refractivity (Wildman–Crippen MR) is 93.3 cm³/mol. The summed E-state index contributed by atoms with van der Waals surface area (Å²) in [6, 6.07) is 11.8. The molecule has 3 aromatic rings. The Labute approximate surface area is 152 Å². The number of benzene rings is 2. The number of ether oxygens (including phenoxy) is 1. The van der Waals surface area contributed by atoms with Gasteiger partial charge in [-0.05, 0) is 31.2 Å². The maximum Gasteiger partial charge on any atom is 0.416 e. The summed E-state index contributed by atoms with van der Waals surface area (Å²) in [6.07, 6.45) is -4.36. The quantitative estimate of drug-likeness (QED) is 0.543. The molecule has 0 radical (unpaired) electrons. The number of nitrogens with zero attached hydrogens (tertiary/aromatic N) is 1. The van der Waals surface area contributed by atoms with Gasteiger partial charge in [0, 0.05) is 10.9 Å². The lowest BCUT2D eigenvalue weighted by molar-refractivity contribution is -0.137. The third-order valence-electron chi connectivity index (χ3n) is 3.65. The number of carbonyl (C=O) groups excluding carboxylic acids is 1. The third-order valence-corrected chi connectivity index (χ3v) is 4.59.